The molecule has 0 atom stereocenters. The van der Waals surface area contributed by atoms with Gasteiger partial charge in [0, 0.05) is 13.5 Å². The molecule has 2 aromatic rings. The highest BCUT2D eigenvalue weighted by atomic mass is 16.5. The number of aromatic hydroxyl groups is 1. The molecule has 4 heteroatoms. The molecule has 0 spiro atoms. The van der Waals surface area contributed by atoms with Crippen LogP contribution in [0.4, 0.5) is 5.88 Å². The van der Waals surface area contributed by atoms with Crippen LogP contribution in [0.5, 0.6) is 11.5 Å². The Morgan fingerprint density at radius 3 is 2.90 bits per heavy atom. The van der Waals surface area contributed by atoms with Crippen molar-refractivity contribution in [2.45, 2.75) is 19.8 Å². The number of rotatable bonds is 7. The summed E-state index contributed by atoms with van der Waals surface area (Å²) in [4.78, 5) is 0. The molecule has 1 aromatic heterocycles. The van der Waals surface area contributed by atoms with Crippen LogP contribution in [0, 0.1) is 0 Å². The number of ether oxygens (including phenoxy) is 1. The van der Waals surface area contributed by atoms with Crippen LogP contribution in [-0.2, 0) is 6.42 Å². The van der Waals surface area contributed by atoms with Crippen LogP contribution in [-0.4, -0.2) is 18.8 Å². The van der Waals surface area contributed by atoms with Crippen molar-refractivity contribution in [2.24, 2.45) is 0 Å². The lowest BCUT2D eigenvalue weighted by atomic mass is 10.1. The van der Waals surface area contributed by atoms with Gasteiger partial charge in [-0.2, -0.15) is 0 Å². The van der Waals surface area contributed by atoms with Gasteiger partial charge in [0.2, 0.25) is 5.88 Å². The van der Waals surface area contributed by atoms with Crippen molar-refractivity contribution in [3.63, 3.8) is 0 Å². The minimum atomic E-state index is 0.145. The molecule has 0 amide bonds. The van der Waals surface area contributed by atoms with Gasteiger partial charge in [0.1, 0.15) is 5.75 Å². The van der Waals surface area contributed by atoms with Gasteiger partial charge in [0.25, 0.3) is 0 Å². The van der Waals surface area contributed by atoms with E-state index in [9.17, 15) is 5.11 Å². The molecule has 0 unspecified atom stereocenters. The number of hydrogen-bond donors (Lipinski definition) is 2. The first kappa shape index (κ1) is 15.0. The Hall–Kier alpha value is -2.36. The maximum atomic E-state index is 10.4. The fourth-order valence-corrected chi connectivity index (χ4v) is 2.14. The second-order valence-corrected chi connectivity index (χ2v) is 4.70. The van der Waals surface area contributed by atoms with E-state index in [1.54, 1.807) is 13.1 Å². The zero-order valence-electron chi connectivity index (χ0n) is 12.5. The lowest BCUT2D eigenvalue weighted by Gasteiger charge is -2.07. The van der Waals surface area contributed by atoms with E-state index in [1.165, 1.54) is 0 Å². The highest BCUT2D eigenvalue weighted by Crippen LogP contribution is 2.42. The van der Waals surface area contributed by atoms with E-state index >= 15 is 0 Å². The van der Waals surface area contributed by atoms with Crippen molar-refractivity contribution in [1.29, 1.82) is 0 Å². The highest BCUT2D eigenvalue weighted by Gasteiger charge is 2.20. The first-order chi connectivity index (χ1) is 10.2. The normalized spacial score (nSPS) is 10.4. The van der Waals surface area contributed by atoms with Gasteiger partial charge in [0.05, 0.1) is 12.2 Å². The summed E-state index contributed by atoms with van der Waals surface area (Å²) in [5.74, 6) is 1.97. The van der Waals surface area contributed by atoms with E-state index in [2.05, 4.69) is 18.8 Å². The van der Waals surface area contributed by atoms with Gasteiger partial charge in [-0.1, -0.05) is 25.1 Å². The lowest BCUT2D eigenvalue weighted by molar-refractivity contribution is 0.317. The molecule has 0 bridgehead atoms. The second kappa shape index (κ2) is 6.88. The first-order valence-electron chi connectivity index (χ1n) is 7.07. The van der Waals surface area contributed by atoms with E-state index in [4.69, 9.17) is 9.15 Å². The molecule has 0 fully saturated rings. The summed E-state index contributed by atoms with van der Waals surface area (Å²) in [6, 6.07) is 7.63. The van der Waals surface area contributed by atoms with Gasteiger partial charge in [-0.05, 0) is 24.1 Å². The molecule has 1 aromatic carbocycles. The SMILES string of the molecule is C=CCc1oc(NC)c(-c2cccc(OCCC)c2)c1O. The third-order valence-corrected chi connectivity index (χ3v) is 3.11. The standard InChI is InChI=1S/C17H21NO3/c1-4-7-14-16(19)15(17(18-3)21-14)12-8-6-9-13(11-12)20-10-5-2/h4,6,8-9,11,18-19H,1,5,7,10H2,2-3H3. The number of benzene rings is 1. The van der Waals surface area contributed by atoms with Gasteiger partial charge < -0.3 is 19.6 Å². The van der Waals surface area contributed by atoms with Gasteiger partial charge in [-0.15, -0.1) is 6.58 Å². The van der Waals surface area contributed by atoms with Crippen molar-refractivity contribution in [2.75, 3.05) is 19.0 Å². The number of allylic oxidation sites excluding steroid dienone is 1. The molecule has 0 aliphatic heterocycles. The molecule has 0 radical (unpaired) electrons. The Morgan fingerprint density at radius 1 is 1.43 bits per heavy atom. The second-order valence-electron chi connectivity index (χ2n) is 4.70. The maximum Gasteiger partial charge on any atom is 0.204 e. The monoisotopic (exact) mass is 287 g/mol. The summed E-state index contributed by atoms with van der Waals surface area (Å²) in [6.07, 6.45) is 3.13. The minimum absolute atomic E-state index is 0.145. The zero-order valence-corrected chi connectivity index (χ0v) is 12.5. The summed E-state index contributed by atoms with van der Waals surface area (Å²) in [6.45, 7) is 6.40. The van der Waals surface area contributed by atoms with E-state index in [1.807, 2.05) is 24.3 Å². The molecule has 21 heavy (non-hydrogen) atoms. The van der Waals surface area contributed by atoms with Crippen molar-refractivity contribution < 1.29 is 14.3 Å². The highest BCUT2D eigenvalue weighted by molar-refractivity contribution is 5.82. The molecule has 0 saturated heterocycles. The van der Waals surface area contributed by atoms with Gasteiger partial charge in [-0.25, -0.2) is 0 Å². The molecule has 0 saturated carbocycles. The molecule has 4 nitrogen and oxygen atoms in total. The maximum absolute atomic E-state index is 10.4. The Balaban J connectivity index is 2.42. The van der Waals surface area contributed by atoms with Crippen LogP contribution < -0.4 is 10.1 Å². The zero-order chi connectivity index (χ0) is 15.2. The summed E-state index contributed by atoms with van der Waals surface area (Å²) in [5.41, 5.74) is 1.50. The Labute approximate surface area is 125 Å². The fraction of sp³-hybridized carbons (Fsp3) is 0.294. The van der Waals surface area contributed by atoms with E-state index < -0.39 is 0 Å². The molecule has 2 rings (SSSR count). The Bertz CT molecular complexity index is 616. The minimum Gasteiger partial charge on any atom is -0.504 e. The molecule has 0 aliphatic rings. The molecule has 2 N–H and O–H groups in total. The van der Waals surface area contributed by atoms with Gasteiger partial charge >= 0.3 is 0 Å². The first-order valence-corrected chi connectivity index (χ1v) is 7.07. The average molecular weight is 287 g/mol. The number of nitrogens with one attached hydrogen (secondary N) is 1. The van der Waals surface area contributed by atoms with Gasteiger partial charge in [-0.3, -0.25) is 0 Å². The van der Waals surface area contributed by atoms with Crippen molar-refractivity contribution in [3.05, 3.63) is 42.7 Å². The Kier molecular flexibility index (Phi) is 4.93. The molecule has 112 valence electrons. The number of anilines is 1. The number of hydrogen-bond acceptors (Lipinski definition) is 4. The molecular formula is C17H21NO3. The largest absolute Gasteiger partial charge is 0.504 e. The van der Waals surface area contributed by atoms with E-state index in [0.717, 1.165) is 17.7 Å². The quantitative estimate of drug-likeness (QED) is 0.749. The predicted molar refractivity (Wildman–Crippen MR) is 85.0 cm³/mol. The van der Waals surface area contributed by atoms with Crippen molar-refractivity contribution in [1.82, 2.24) is 0 Å². The van der Waals surface area contributed by atoms with Crippen LogP contribution >= 0.6 is 0 Å². The van der Waals surface area contributed by atoms with Gasteiger partial charge in [0.15, 0.2) is 11.5 Å². The summed E-state index contributed by atoms with van der Waals surface area (Å²) in [7, 11) is 1.76. The van der Waals surface area contributed by atoms with Crippen LogP contribution in [0.15, 0.2) is 41.3 Å². The topological polar surface area (TPSA) is 54.6 Å². The fourth-order valence-electron chi connectivity index (χ4n) is 2.14. The molecule has 1 heterocycles. The Morgan fingerprint density at radius 2 is 2.24 bits per heavy atom. The van der Waals surface area contributed by atoms with Crippen LogP contribution in [0.25, 0.3) is 11.1 Å². The molecular weight excluding hydrogens is 266 g/mol. The summed E-state index contributed by atoms with van der Waals surface area (Å²) in [5, 5.41) is 13.3. The average Bonchev–Trinajstić information content (AvgIpc) is 2.82. The van der Waals surface area contributed by atoms with Crippen LogP contribution in [0.1, 0.15) is 19.1 Å². The third-order valence-electron chi connectivity index (χ3n) is 3.11. The lowest BCUT2D eigenvalue weighted by Crippen LogP contribution is -1.95. The van der Waals surface area contributed by atoms with Crippen LogP contribution in [0.3, 0.4) is 0 Å². The predicted octanol–water partition coefficient (Wildman–Crippen LogP) is 4.21. The summed E-state index contributed by atoms with van der Waals surface area (Å²) < 4.78 is 11.3. The third kappa shape index (κ3) is 3.21. The van der Waals surface area contributed by atoms with E-state index in [0.29, 0.717) is 30.2 Å². The van der Waals surface area contributed by atoms with Crippen molar-refractivity contribution in [3.8, 4) is 22.6 Å². The smallest absolute Gasteiger partial charge is 0.204 e. The summed E-state index contributed by atoms with van der Waals surface area (Å²) >= 11 is 0. The number of furan rings is 1. The van der Waals surface area contributed by atoms with E-state index in [-0.39, 0.29) is 5.75 Å². The molecule has 0 aliphatic carbocycles. The van der Waals surface area contributed by atoms with Crippen molar-refractivity contribution >= 4 is 5.88 Å². The van der Waals surface area contributed by atoms with Crippen LogP contribution in [0.2, 0.25) is 0 Å².